The summed E-state index contributed by atoms with van der Waals surface area (Å²) in [5.74, 6) is 0.738. The molecule has 1 aliphatic heterocycles. The van der Waals surface area contributed by atoms with Crippen molar-refractivity contribution in [2.75, 3.05) is 18.4 Å². The molecule has 4 N–H and O–H groups in total. The first-order valence-electron chi connectivity index (χ1n) is 13.9. The van der Waals surface area contributed by atoms with Crippen LogP contribution in [0.15, 0.2) is 46.3 Å². The van der Waals surface area contributed by atoms with Gasteiger partial charge in [-0.1, -0.05) is 12.1 Å². The van der Waals surface area contributed by atoms with E-state index < -0.39 is 11.3 Å². The molecule has 0 radical (unpaired) electrons. The molecule has 1 aromatic carbocycles. The molecule has 4 aromatic rings. The summed E-state index contributed by atoms with van der Waals surface area (Å²) in [5.41, 5.74) is 2.60. The Hall–Kier alpha value is -4.61. The fourth-order valence-corrected chi connectivity index (χ4v) is 4.97. The summed E-state index contributed by atoms with van der Waals surface area (Å²) in [6, 6.07) is 10.4. The summed E-state index contributed by atoms with van der Waals surface area (Å²) >= 11 is 0. The highest BCUT2D eigenvalue weighted by atomic mass is 16.6. The molecule has 0 spiro atoms. The van der Waals surface area contributed by atoms with Gasteiger partial charge in [0.05, 0.1) is 12.2 Å². The van der Waals surface area contributed by atoms with Crippen LogP contribution in [0.1, 0.15) is 63.6 Å². The molecule has 4 heterocycles. The molecular formula is C29H34N8O4. The molecule has 1 amide bonds. The van der Waals surface area contributed by atoms with Gasteiger partial charge in [-0.3, -0.25) is 9.98 Å². The fourth-order valence-electron chi connectivity index (χ4n) is 4.97. The summed E-state index contributed by atoms with van der Waals surface area (Å²) < 4.78 is 7.19. The molecule has 2 aliphatic rings. The number of H-pyrrole nitrogens is 2. The molecule has 0 atom stereocenters. The number of aromatic hydroxyl groups is 1. The first kappa shape index (κ1) is 26.6. The zero-order valence-corrected chi connectivity index (χ0v) is 23.3. The Bertz CT molecular complexity index is 1750. The van der Waals surface area contributed by atoms with Gasteiger partial charge in [-0.25, -0.2) is 14.6 Å². The van der Waals surface area contributed by atoms with Gasteiger partial charge >= 0.3 is 11.8 Å². The number of nitrogens with one attached hydrogen (secondary N) is 3. The maximum Gasteiger partial charge on any atom is 0.410 e. The molecule has 3 aromatic heterocycles. The number of carbonyl (C=O) groups is 1. The predicted molar refractivity (Wildman–Crippen MR) is 153 cm³/mol. The molecule has 0 bridgehead atoms. The van der Waals surface area contributed by atoms with E-state index in [2.05, 4.69) is 32.5 Å². The lowest BCUT2D eigenvalue weighted by Crippen LogP contribution is -2.41. The molecule has 12 nitrogen and oxygen atoms in total. The average Bonchev–Trinajstić information content (AvgIpc) is 3.56. The molecule has 1 saturated heterocycles. The fraction of sp³-hybridized carbons (Fsp3) is 0.414. The van der Waals surface area contributed by atoms with Gasteiger partial charge in [0.1, 0.15) is 17.1 Å². The number of benzene rings is 1. The van der Waals surface area contributed by atoms with Crippen LogP contribution in [0.4, 0.5) is 16.3 Å². The van der Waals surface area contributed by atoms with Crippen LogP contribution in [-0.4, -0.2) is 65.4 Å². The summed E-state index contributed by atoms with van der Waals surface area (Å²) in [5, 5.41) is 18.5. The van der Waals surface area contributed by atoms with Gasteiger partial charge in [-0.2, -0.15) is 9.61 Å². The number of amides is 1. The van der Waals surface area contributed by atoms with E-state index in [0.717, 1.165) is 31.4 Å². The monoisotopic (exact) mass is 558 g/mol. The third kappa shape index (κ3) is 6.11. The smallest absolute Gasteiger partial charge is 0.410 e. The van der Waals surface area contributed by atoms with Crippen LogP contribution >= 0.6 is 0 Å². The van der Waals surface area contributed by atoms with Gasteiger partial charge in [0.15, 0.2) is 11.1 Å². The van der Waals surface area contributed by atoms with E-state index in [1.807, 2.05) is 39.0 Å². The van der Waals surface area contributed by atoms with Crippen molar-refractivity contribution in [3.63, 3.8) is 0 Å². The lowest BCUT2D eigenvalue weighted by atomic mass is 9.89. The number of likely N-dealkylation sites (tertiary alicyclic amines) is 1. The standard InChI is InChI=1S/C29H34N8O4/c1-29(2,3)41-28(40)36-12-10-18(11-13-36)17-4-6-20(7-5-17)31-23-15-24(32-21-8-9-21)37-25(34-23)19(16-30-37)14-22-26(38)35-27(39)33-22/h4-7,14-16,18,21,31,38H,8-13H2,1-3H3,(H2,33,35,39)/b19-14-,32-24?. The zero-order chi connectivity index (χ0) is 28.7. The Morgan fingerprint density at radius 2 is 1.88 bits per heavy atom. The van der Waals surface area contributed by atoms with Crippen molar-refractivity contribution in [3.05, 3.63) is 69.0 Å². The summed E-state index contributed by atoms with van der Waals surface area (Å²) in [4.78, 5) is 40.2. The summed E-state index contributed by atoms with van der Waals surface area (Å²) in [7, 11) is 0. The van der Waals surface area contributed by atoms with Crippen molar-refractivity contribution >= 4 is 29.3 Å². The van der Waals surface area contributed by atoms with E-state index in [1.165, 1.54) is 5.56 Å². The number of nitrogens with zero attached hydrogens (tertiary/aromatic N) is 5. The van der Waals surface area contributed by atoms with Gasteiger partial charge < -0.3 is 25.0 Å². The number of hydrogen-bond donors (Lipinski definition) is 4. The summed E-state index contributed by atoms with van der Waals surface area (Å²) in [6.07, 6.45) is 6.87. The minimum Gasteiger partial charge on any atom is -0.493 e. The summed E-state index contributed by atoms with van der Waals surface area (Å²) in [6.45, 7) is 7.00. The van der Waals surface area contributed by atoms with Crippen LogP contribution in [0.3, 0.4) is 0 Å². The number of anilines is 2. The Morgan fingerprint density at radius 3 is 2.51 bits per heavy atom. The number of imidazole rings is 1. The second-order valence-corrected chi connectivity index (χ2v) is 11.7. The number of piperidine rings is 1. The molecule has 214 valence electrons. The average molecular weight is 559 g/mol. The maximum atomic E-state index is 12.4. The van der Waals surface area contributed by atoms with Crippen molar-refractivity contribution in [2.45, 2.75) is 64.0 Å². The first-order valence-corrected chi connectivity index (χ1v) is 13.9. The van der Waals surface area contributed by atoms with Crippen molar-refractivity contribution in [1.29, 1.82) is 0 Å². The van der Waals surface area contributed by atoms with Gasteiger partial charge in [-0.15, -0.1) is 0 Å². The van der Waals surface area contributed by atoms with Gasteiger partial charge in [0.2, 0.25) is 5.88 Å². The SMILES string of the molecule is CC(C)(C)OC(=O)N1CCC(c2ccc(Nc3cc(=NC4CC4)n4nc/c(=C/c5[nH]c(=O)[nH]c5O)c4n3)cc2)CC1. The molecule has 1 saturated carbocycles. The van der Waals surface area contributed by atoms with Crippen LogP contribution in [0.5, 0.6) is 5.88 Å². The Kier molecular flexibility index (Phi) is 6.76. The third-order valence-electron chi connectivity index (χ3n) is 7.18. The Morgan fingerprint density at radius 1 is 1.15 bits per heavy atom. The molecule has 41 heavy (non-hydrogen) atoms. The highest BCUT2D eigenvalue weighted by molar-refractivity contribution is 5.68. The van der Waals surface area contributed by atoms with Crippen molar-refractivity contribution in [2.24, 2.45) is 4.99 Å². The van der Waals surface area contributed by atoms with Crippen LogP contribution in [-0.2, 0) is 4.74 Å². The number of carbonyl (C=O) groups excluding carboxylic acids is 1. The number of rotatable bonds is 5. The minimum atomic E-state index is -0.498. The molecule has 1 aliphatic carbocycles. The van der Waals surface area contributed by atoms with E-state index in [1.54, 1.807) is 21.7 Å². The highest BCUT2D eigenvalue weighted by Gasteiger charge is 2.27. The second kappa shape index (κ2) is 10.4. The van der Waals surface area contributed by atoms with Crippen LogP contribution < -0.4 is 21.7 Å². The normalized spacial score (nSPS) is 17.4. The van der Waals surface area contributed by atoms with Crippen LogP contribution in [0.2, 0.25) is 0 Å². The van der Waals surface area contributed by atoms with Crippen molar-refractivity contribution < 1.29 is 14.6 Å². The van der Waals surface area contributed by atoms with E-state index in [9.17, 15) is 14.7 Å². The lowest BCUT2D eigenvalue weighted by Gasteiger charge is -2.33. The van der Waals surface area contributed by atoms with Crippen LogP contribution in [0, 0.1) is 0 Å². The number of fused-ring (bicyclic) bond motifs is 1. The molecule has 2 fully saturated rings. The van der Waals surface area contributed by atoms with E-state index in [-0.39, 0.29) is 23.7 Å². The number of aromatic amines is 2. The second-order valence-electron chi connectivity index (χ2n) is 11.7. The number of aromatic nitrogens is 5. The number of ether oxygens (including phenoxy) is 1. The highest BCUT2D eigenvalue weighted by Crippen LogP contribution is 2.30. The molecular weight excluding hydrogens is 524 g/mol. The largest absolute Gasteiger partial charge is 0.493 e. The molecule has 12 heteroatoms. The van der Waals surface area contributed by atoms with Crippen molar-refractivity contribution in [1.82, 2.24) is 29.5 Å². The van der Waals surface area contributed by atoms with Gasteiger partial charge in [0, 0.05) is 30.1 Å². The van der Waals surface area contributed by atoms with E-state index in [4.69, 9.17) is 14.7 Å². The third-order valence-corrected chi connectivity index (χ3v) is 7.18. The Labute approximate surface area is 235 Å². The first-order chi connectivity index (χ1) is 19.6. The topological polar surface area (TPSA) is 153 Å². The number of hydrogen-bond acceptors (Lipinski definition) is 8. The van der Waals surface area contributed by atoms with Gasteiger partial charge in [-0.05, 0) is 76.1 Å². The van der Waals surface area contributed by atoms with Crippen molar-refractivity contribution in [3.8, 4) is 5.88 Å². The maximum absolute atomic E-state index is 12.4. The lowest BCUT2D eigenvalue weighted by molar-refractivity contribution is 0.0205. The Balaban J connectivity index is 1.21. The van der Waals surface area contributed by atoms with Gasteiger partial charge in [0.25, 0.3) is 0 Å². The van der Waals surface area contributed by atoms with Crippen LogP contribution in [0.25, 0.3) is 11.7 Å². The molecule has 0 unspecified atom stereocenters. The molecule has 6 rings (SSSR count). The van der Waals surface area contributed by atoms with E-state index in [0.29, 0.717) is 41.2 Å². The zero-order valence-electron chi connectivity index (χ0n) is 23.3. The quantitative estimate of drug-likeness (QED) is 0.294. The minimum absolute atomic E-state index is 0.245. The predicted octanol–water partition coefficient (Wildman–Crippen LogP) is 2.92. The van der Waals surface area contributed by atoms with E-state index >= 15 is 0 Å².